The number of rotatable bonds is 7. The first-order valence-electron chi connectivity index (χ1n) is 11.0. The number of nitrogens with one attached hydrogen (secondary N) is 1. The van der Waals surface area contributed by atoms with E-state index >= 15 is 0 Å². The molecule has 9 nitrogen and oxygen atoms in total. The van der Waals surface area contributed by atoms with Gasteiger partial charge in [0.15, 0.2) is 5.82 Å². The zero-order chi connectivity index (χ0) is 22.5. The number of amidine groups is 1. The number of aromatic nitrogens is 3. The summed E-state index contributed by atoms with van der Waals surface area (Å²) in [4.78, 5) is 20.4. The Hall–Kier alpha value is -3.72. The number of pyridine rings is 1. The summed E-state index contributed by atoms with van der Waals surface area (Å²) in [5, 5.41) is 3.42. The van der Waals surface area contributed by atoms with Gasteiger partial charge in [0.2, 0.25) is 0 Å². The lowest BCUT2D eigenvalue weighted by molar-refractivity contribution is 0.122. The number of hydrogen-bond donors (Lipinski definition) is 1. The van der Waals surface area contributed by atoms with Gasteiger partial charge in [0.25, 0.3) is 0 Å². The summed E-state index contributed by atoms with van der Waals surface area (Å²) in [6.07, 6.45) is 3.97. The average molecular weight is 447 g/mol. The molecule has 170 valence electrons. The van der Waals surface area contributed by atoms with Crippen LogP contribution in [0.15, 0.2) is 53.8 Å². The van der Waals surface area contributed by atoms with Gasteiger partial charge in [-0.15, -0.1) is 0 Å². The third kappa shape index (κ3) is 5.20. The van der Waals surface area contributed by atoms with Crippen LogP contribution in [0.1, 0.15) is 11.3 Å². The van der Waals surface area contributed by atoms with Crippen LogP contribution in [-0.2, 0) is 11.2 Å². The number of aryl methyl sites for hydroxylation is 1. The van der Waals surface area contributed by atoms with Crippen LogP contribution in [0.2, 0.25) is 0 Å². The highest BCUT2D eigenvalue weighted by Crippen LogP contribution is 2.36. The molecule has 3 aromatic rings. The zero-order valence-corrected chi connectivity index (χ0v) is 18.5. The summed E-state index contributed by atoms with van der Waals surface area (Å²) in [7, 11) is 0. The van der Waals surface area contributed by atoms with Gasteiger partial charge in [-0.3, -0.25) is 4.98 Å². The summed E-state index contributed by atoms with van der Waals surface area (Å²) >= 11 is 0. The van der Waals surface area contributed by atoms with Gasteiger partial charge in [-0.25, -0.2) is 4.99 Å². The summed E-state index contributed by atoms with van der Waals surface area (Å²) in [6, 6.07) is 12.2. The number of anilines is 2. The first-order chi connectivity index (χ1) is 16.2. The molecular formula is C24H26N6O3. The smallest absolute Gasteiger partial charge is 0.318 e. The van der Waals surface area contributed by atoms with Crippen molar-refractivity contribution in [1.29, 1.82) is 0 Å². The van der Waals surface area contributed by atoms with Crippen LogP contribution in [0.5, 0.6) is 11.8 Å². The number of ether oxygens (including phenoxy) is 3. The molecule has 5 rings (SSSR count). The van der Waals surface area contributed by atoms with Gasteiger partial charge in [-0.2, -0.15) is 9.97 Å². The van der Waals surface area contributed by atoms with Gasteiger partial charge in [0.05, 0.1) is 31.5 Å². The van der Waals surface area contributed by atoms with Crippen molar-refractivity contribution in [2.24, 2.45) is 4.99 Å². The fraction of sp³-hybridized carbons (Fsp3) is 0.333. The molecule has 9 heteroatoms. The Morgan fingerprint density at radius 3 is 2.76 bits per heavy atom. The zero-order valence-electron chi connectivity index (χ0n) is 18.5. The molecule has 2 aromatic heterocycles. The van der Waals surface area contributed by atoms with Gasteiger partial charge < -0.3 is 24.4 Å². The average Bonchev–Trinajstić information content (AvgIpc) is 3.25. The molecule has 0 radical (unpaired) electrons. The molecule has 33 heavy (non-hydrogen) atoms. The quantitative estimate of drug-likeness (QED) is 0.553. The molecule has 0 aliphatic carbocycles. The minimum absolute atomic E-state index is 0.325. The van der Waals surface area contributed by atoms with E-state index in [-0.39, 0.29) is 0 Å². The van der Waals surface area contributed by atoms with Gasteiger partial charge in [-0.05, 0) is 36.8 Å². The maximum atomic E-state index is 5.86. The van der Waals surface area contributed by atoms with E-state index in [1.54, 1.807) is 12.4 Å². The van der Waals surface area contributed by atoms with E-state index in [1.807, 2.05) is 24.3 Å². The van der Waals surface area contributed by atoms with Crippen LogP contribution in [0.3, 0.4) is 0 Å². The number of nitrogens with zero attached hydrogens (tertiary/aromatic N) is 5. The highest BCUT2D eigenvalue weighted by molar-refractivity contribution is 6.03. The topological polar surface area (TPSA) is 94.0 Å². The first-order valence-corrected chi connectivity index (χ1v) is 11.0. The van der Waals surface area contributed by atoms with Crippen molar-refractivity contribution in [2.45, 2.75) is 13.3 Å². The SMILES string of the molecule is Cc1cccc(NC2=Nc3c(nc(OCCOc4cccnc4)nc3N3CCOCC3)C2)c1. The lowest BCUT2D eigenvalue weighted by Gasteiger charge is -2.28. The van der Waals surface area contributed by atoms with Crippen LogP contribution < -0.4 is 19.7 Å². The number of benzene rings is 1. The number of morpholine rings is 1. The van der Waals surface area contributed by atoms with Crippen molar-refractivity contribution in [1.82, 2.24) is 15.0 Å². The highest BCUT2D eigenvalue weighted by atomic mass is 16.5. The van der Waals surface area contributed by atoms with Crippen molar-refractivity contribution in [3.8, 4) is 11.8 Å². The Morgan fingerprint density at radius 2 is 1.94 bits per heavy atom. The van der Waals surface area contributed by atoms with E-state index < -0.39 is 0 Å². The second-order valence-electron chi connectivity index (χ2n) is 7.84. The highest BCUT2D eigenvalue weighted by Gasteiger charge is 2.27. The van der Waals surface area contributed by atoms with E-state index in [4.69, 9.17) is 24.2 Å². The molecule has 1 fully saturated rings. The van der Waals surface area contributed by atoms with Crippen LogP contribution >= 0.6 is 0 Å². The molecule has 4 heterocycles. The van der Waals surface area contributed by atoms with Crippen LogP contribution in [0.25, 0.3) is 0 Å². The molecule has 0 bridgehead atoms. The Balaban J connectivity index is 1.31. The van der Waals surface area contributed by atoms with Crippen molar-refractivity contribution < 1.29 is 14.2 Å². The van der Waals surface area contributed by atoms with Crippen LogP contribution in [-0.4, -0.2) is 60.3 Å². The van der Waals surface area contributed by atoms with E-state index in [9.17, 15) is 0 Å². The predicted octanol–water partition coefficient (Wildman–Crippen LogP) is 3.17. The minimum Gasteiger partial charge on any atom is -0.488 e. The monoisotopic (exact) mass is 446 g/mol. The van der Waals surface area contributed by atoms with Gasteiger partial charge >= 0.3 is 6.01 Å². The Bertz CT molecular complexity index is 1130. The molecule has 1 saturated heterocycles. The largest absolute Gasteiger partial charge is 0.488 e. The lowest BCUT2D eigenvalue weighted by Crippen LogP contribution is -2.37. The fourth-order valence-electron chi connectivity index (χ4n) is 3.78. The standard InChI is InChI=1S/C24H26N6O3/c1-17-4-2-5-18(14-17)26-21-15-20-22(28-21)23(30-8-10-31-11-9-30)29-24(27-20)33-13-12-32-19-6-3-7-25-16-19/h2-7,14,16H,8-13,15H2,1H3,(H,26,28). The molecule has 0 spiro atoms. The minimum atomic E-state index is 0.325. The molecule has 1 N–H and O–H groups in total. The summed E-state index contributed by atoms with van der Waals surface area (Å²) in [5.41, 5.74) is 3.84. The lowest BCUT2D eigenvalue weighted by atomic mass is 10.2. The molecule has 2 aliphatic rings. The predicted molar refractivity (Wildman–Crippen MR) is 126 cm³/mol. The number of fused-ring (bicyclic) bond motifs is 1. The number of hydrogen-bond acceptors (Lipinski definition) is 9. The van der Waals surface area contributed by atoms with Crippen molar-refractivity contribution in [3.63, 3.8) is 0 Å². The van der Waals surface area contributed by atoms with Gasteiger partial charge in [0.1, 0.15) is 30.5 Å². The summed E-state index contributed by atoms with van der Waals surface area (Å²) in [5.74, 6) is 2.33. The maximum absolute atomic E-state index is 5.86. The molecule has 2 aliphatic heterocycles. The molecule has 1 aromatic carbocycles. The third-order valence-corrected chi connectivity index (χ3v) is 5.33. The van der Waals surface area contributed by atoms with E-state index in [2.05, 4.69) is 39.2 Å². The van der Waals surface area contributed by atoms with Crippen molar-refractivity contribution >= 4 is 23.0 Å². The molecular weight excluding hydrogens is 420 g/mol. The van der Waals surface area contributed by atoms with Crippen molar-refractivity contribution in [2.75, 3.05) is 49.7 Å². The van der Waals surface area contributed by atoms with Gasteiger partial charge in [0, 0.05) is 25.0 Å². The first kappa shape index (κ1) is 21.1. The Morgan fingerprint density at radius 1 is 1.06 bits per heavy atom. The third-order valence-electron chi connectivity index (χ3n) is 5.33. The molecule has 0 unspecified atom stereocenters. The summed E-state index contributed by atoms with van der Waals surface area (Å²) in [6.45, 7) is 5.59. The maximum Gasteiger partial charge on any atom is 0.318 e. The Kier molecular flexibility index (Phi) is 6.30. The van der Waals surface area contributed by atoms with Crippen molar-refractivity contribution in [3.05, 3.63) is 60.0 Å². The van der Waals surface area contributed by atoms with Crippen LogP contribution in [0, 0.1) is 6.92 Å². The van der Waals surface area contributed by atoms with E-state index in [1.165, 1.54) is 5.56 Å². The Labute approximate surface area is 192 Å². The second-order valence-corrected chi connectivity index (χ2v) is 7.84. The molecule has 0 saturated carbocycles. The van der Waals surface area contributed by atoms with Crippen LogP contribution in [0.4, 0.5) is 17.2 Å². The molecule has 0 amide bonds. The normalized spacial score (nSPS) is 15.1. The second kappa shape index (κ2) is 9.83. The van der Waals surface area contributed by atoms with E-state index in [0.29, 0.717) is 44.6 Å². The fourth-order valence-corrected chi connectivity index (χ4v) is 3.78. The van der Waals surface area contributed by atoms with Gasteiger partial charge in [-0.1, -0.05) is 12.1 Å². The summed E-state index contributed by atoms with van der Waals surface area (Å²) < 4.78 is 17.0. The van der Waals surface area contributed by atoms with E-state index in [0.717, 1.165) is 41.8 Å². The molecule has 0 atom stereocenters. The number of aliphatic imine (C=N–C) groups is 1.